The van der Waals surface area contributed by atoms with Gasteiger partial charge in [-0.1, -0.05) is 0 Å². The van der Waals surface area contributed by atoms with Crippen molar-refractivity contribution in [3.8, 4) is 12.1 Å². The van der Waals surface area contributed by atoms with Crippen molar-refractivity contribution in [1.29, 1.82) is 10.5 Å². The Morgan fingerprint density at radius 1 is 1.41 bits per heavy atom. The number of hydrogen-bond acceptors (Lipinski definition) is 5. The van der Waals surface area contributed by atoms with Crippen LogP contribution in [-0.4, -0.2) is 16.8 Å². The quantitative estimate of drug-likeness (QED) is 0.601. The maximum atomic E-state index is 10.8. The molecule has 6 heteroatoms. The number of rotatable bonds is 3. The van der Waals surface area contributed by atoms with Gasteiger partial charge in [0.15, 0.2) is 0 Å². The van der Waals surface area contributed by atoms with Crippen molar-refractivity contribution >= 4 is 17.4 Å². The molecular formula is C11H8N4O2. The van der Waals surface area contributed by atoms with Gasteiger partial charge in [-0.25, -0.2) is 4.79 Å². The summed E-state index contributed by atoms with van der Waals surface area (Å²) in [5.41, 5.74) is 3.47. The topological polar surface area (TPSA) is 109 Å². The summed E-state index contributed by atoms with van der Waals surface area (Å²) in [5, 5.41) is 29.3. The summed E-state index contributed by atoms with van der Waals surface area (Å²) in [6.07, 6.45) is 0. The van der Waals surface area contributed by atoms with Crippen LogP contribution < -0.4 is 5.43 Å². The monoisotopic (exact) mass is 228 g/mol. The normalized spacial score (nSPS) is 8.65. The van der Waals surface area contributed by atoms with Crippen LogP contribution in [0.5, 0.6) is 0 Å². The third kappa shape index (κ3) is 3.05. The fourth-order valence-electron chi connectivity index (χ4n) is 1.17. The number of hydrazone groups is 1. The number of hydrogen-bond donors (Lipinski definition) is 2. The van der Waals surface area contributed by atoms with Gasteiger partial charge in [0.1, 0.15) is 12.1 Å². The van der Waals surface area contributed by atoms with E-state index in [4.69, 9.17) is 15.6 Å². The Labute approximate surface area is 97.4 Å². The van der Waals surface area contributed by atoms with Gasteiger partial charge in [-0.3, -0.25) is 5.43 Å². The van der Waals surface area contributed by atoms with Gasteiger partial charge in [-0.15, -0.1) is 0 Å². The van der Waals surface area contributed by atoms with E-state index < -0.39 is 5.97 Å². The molecule has 84 valence electrons. The number of carboxylic acids is 1. The van der Waals surface area contributed by atoms with Gasteiger partial charge in [0.25, 0.3) is 0 Å². The van der Waals surface area contributed by atoms with E-state index in [1.807, 2.05) is 0 Å². The number of nitrogens with one attached hydrogen (secondary N) is 1. The second-order valence-corrected chi connectivity index (χ2v) is 3.13. The number of nitrogens with zero attached hydrogens (tertiary/aromatic N) is 3. The first-order chi connectivity index (χ1) is 8.08. The molecule has 0 bridgehead atoms. The zero-order valence-electron chi connectivity index (χ0n) is 8.93. The molecule has 6 nitrogen and oxygen atoms in total. The fraction of sp³-hybridized carbons (Fsp3) is 0.0909. The first kappa shape index (κ1) is 12.2. The number of aryl methyl sites for hydroxylation is 1. The molecule has 0 saturated heterocycles. The zero-order valence-corrected chi connectivity index (χ0v) is 8.93. The van der Waals surface area contributed by atoms with Crippen molar-refractivity contribution in [3.63, 3.8) is 0 Å². The predicted molar refractivity (Wildman–Crippen MR) is 60.4 cm³/mol. The Morgan fingerprint density at radius 3 is 2.53 bits per heavy atom. The van der Waals surface area contributed by atoms with Crippen molar-refractivity contribution in [1.82, 2.24) is 0 Å². The molecule has 0 atom stereocenters. The lowest BCUT2D eigenvalue weighted by atomic mass is 10.1. The summed E-state index contributed by atoms with van der Waals surface area (Å²) in [6.45, 7) is 1.65. The minimum atomic E-state index is -1.01. The zero-order chi connectivity index (χ0) is 12.8. The second-order valence-electron chi connectivity index (χ2n) is 3.13. The molecule has 0 aliphatic heterocycles. The molecule has 17 heavy (non-hydrogen) atoms. The summed E-state index contributed by atoms with van der Waals surface area (Å²) in [5.74, 6) is -1.01. The average molecular weight is 228 g/mol. The first-order valence-electron chi connectivity index (χ1n) is 4.56. The number of benzene rings is 1. The van der Waals surface area contributed by atoms with Crippen molar-refractivity contribution in [2.75, 3.05) is 5.43 Å². The highest BCUT2D eigenvalue weighted by Crippen LogP contribution is 2.15. The van der Waals surface area contributed by atoms with Gasteiger partial charge in [0.2, 0.25) is 5.71 Å². The van der Waals surface area contributed by atoms with Crippen LogP contribution in [0.1, 0.15) is 15.9 Å². The molecule has 0 aromatic heterocycles. The van der Waals surface area contributed by atoms with Crippen molar-refractivity contribution < 1.29 is 9.90 Å². The van der Waals surface area contributed by atoms with E-state index in [0.29, 0.717) is 11.3 Å². The summed E-state index contributed by atoms with van der Waals surface area (Å²) < 4.78 is 0. The van der Waals surface area contributed by atoms with Gasteiger partial charge in [0, 0.05) is 0 Å². The number of carboxylic acid groups (broad SMARTS) is 1. The van der Waals surface area contributed by atoms with E-state index in [0.717, 1.165) is 0 Å². The first-order valence-corrected chi connectivity index (χ1v) is 4.56. The third-order valence-corrected chi connectivity index (χ3v) is 1.97. The van der Waals surface area contributed by atoms with Crippen LogP contribution in [0.25, 0.3) is 0 Å². The van der Waals surface area contributed by atoms with Gasteiger partial charge in [-0.05, 0) is 30.7 Å². The van der Waals surface area contributed by atoms with Crippen LogP contribution in [0.3, 0.4) is 0 Å². The predicted octanol–water partition coefficient (Wildman–Crippen LogP) is 1.51. The molecule has 0 amide bonds. The molecule has 0 saturated carbocycles. The second kappa shape index (κ2) is 5.29. The molecule has 1 aromatic carbocycles. The van der Waals surface area contributed by atoms with Crippen LogP contribution in [-0.2, 0) is 0 Å². The van der Waals surface area contributed by atoms with Crippen LogP contribution in [0.15, 0.2) is 23.3 Å². The Morgan fingerprint density at radius 2 is 2.06 bits per heavy atom. The molecule has 0 heterocycles. The van der Waals surface area contributed by atoms with Crippen LogP contribution in [0.4, 0.5) is 5.69 Å². The standard InChI is InChI=1S/C11H8N4O2/c1-7-4-8(2-3-10(7)11(16)17)14-15-9(5-12)6-13/h2-4,14H,1H3,(H,16,17). The van der Waals surface area contributed by atoms with Gasteiger partial charge >= 0.3 is 5.97 Å². The van der Waals surface area contributed by atoms with E-state index in [1.165, 1.54) is 12.1 Å². The maximum absolute atomic E-state index is 10.8. The summed E-state index contributed by atoms with van der Waals surface area (Å²) in [7, 11) is 0. The molecule has 1 aromatic rings. The maximum Gasteiger partial charge on any atom is 0.335 e. The van der Waals surface area contributed by atoms with E-state index in [2.05, 4.69) is 10.5 Å². The van der Waals surface area contributed by atoms with E-state index in [9.17, 15) is 4.79 Å². The minimum Gasteiger partial charge on any atom is -0.478 e. The smallest absolute Gasteiger partial charge is 0.335 e. The van der Waals surface area contributed by atoms with Gasteiger partial charge in [-0.2, -0.15) is 15.6 Å². The van der Waals surface area contributed by atoms with E-state index in [-0.39, 0.29) is 11.3 Å². The fourth-order valence-corrected chi connectivity index (χ4v) is 1.17. The SMILES string of the molecule is Cc1cc(NN=C(C#N)C#N)ccc1C(=O)O. The Bertz CT molecular complexity index is 548. The van der Waals surface area contributed by atoms with Crippen LogP contribution >= 0.6 is 0 Å². The van der Waals surface area contributed by atoms with Crippen molar-refractivity contribution in [3.05, 3.63) is 29.3 Å². The molecule has 0 aliphatic rings. The Kier molecular flexibility index (Phi) is 3.80. The Balaban J connectivity index is 2.94. The lowest BCUT2D eigenvalue weighted by Crippen LogP contribution is -2.01. The molecule has 0 spiro atoms. The molecule has 2 N–H and O–H groups in total. The summed E-state index contributed by atoms with van der Waals surface area (Å²) in [4.78, 5) is 10.8. The lowest BCUT2D eigenvalue weighted by molar-refractivity contribution is 0.0696. The molecule has 0 radical (unpaired) electrons. The molecule has 0 fully saturated rings. The Hall–Kier alpha value is -2.86. The van der Waals surface area contributed by atoms with Crippen LogP contribution in [0, 0.1) is 29.6 Å². The van der Waals surface area contributed by atoms with Crippen LogP contribution in [0.2, 0.25) is 0 Å². The highest BCUT2D eigenvalue weighted by Gasteiger charge is 2.06. The summed E-state index contributed by atoms with van der Waals surface area (Å²) >= 11 is 0. The highest BCUT2D eigenvalue weighted by atomic mass is 16.4. The van der Waals surface area contributed by atoms with Crippen molar-refractivity contribution in [2.45, 2.75) is 6.92 Å². The largest absolute Gasteiger partial charge is 0.478 e. The lowest BCUT2D eigenvalue weighted by Gasteiger charge is -2.04. The average Bonchev–Trinajstić information content (AvgIpc) is 2.30. The summed E-state index contributed by atoms with van der Waals surface area (Å²) in [6, 6.07) is 7.70. The molecule has 1 rings (SSSR count). The van der Waals surface area contributed by atoms with E-state index >= 15 is 0 Å². The number of aromatic carboxylic acids is 1. The molecular weight excluding hydrogens is 220 g/mol. The number of anilines is 1. The minimum absolute atomic E-state index is 0.195. The molecule has 0 aliphatic carbocycles. The number of carbonyl (C=O) groups is 1. The van der Waals surface area contributed by atoms with Gasteiger partial charge in [0.05, 0.1) is 11.3 Å². The third-order valence-electron chi connectivity index (χ3n) is 1.97. The number of nitriles is 2. The van der Waals surface area contributed by atoms with Crippen molar-refractivity contribution in [2.24, 2.45) is 5.10 Å². The van der Waals surface area contributed by atoms with E-state index in [1.54, 1.807) is 25.1 Å². The molecule has 0 unspecified atom stereocenters. The van der Waals surface area contributed by atoms with Gasteiger partial charge < -0.3 is 5.11 Å². The highest BCUT2D eigenvalue weighted by molar-refractivity contribution is 6.10.